The largest absolute Gasteiger partial charge is 0.373 e. The van der Waals surface area contributed by atoms with Gasteiger partial charge in [0.25, 0.3) is 0 Å². The molecule has 0 spiro atoms. The first-order chi connectivity index (χ1) is 15.1. The summed E-state index contributed by atoms with van der Waals surface area (Å²) in [6, 6.07) is 11.7. The molecule has 0 saturated carbocycles. The van der Waals surface area contributed by atoms with Crippen LogP contribution in [0.1, 0.15) is 33.4 Å². The monoisotopic (exact) mass is 423 g/mol. The fraction of sp³-hybridized carbons (Fsp3) is 0.520. The minimum atomic E-state index is -1.58. The summed E-state index contributed by atoms with van der Waals surface area (Å²) < 4.78 is 22.4. The number of benzene rings is 2. The van der Waals surface area contributed by atoms with Gasteiger partial charge in [0.2, 0.25) is 0 Å². The molecular formula is C25H29NO5. The maximum Gasteiger partial charge on any atom is 0.166 e. The van der Waals surface area contributed by atoms with Crippen LogP contribution in [0.3, 0.4) is 0 Å². The van der Waals surface area contributed by atoms with Crippen LogP contribution < -0.4 is 5.73 Å². The summed E-state index contributed by atoms with van der Waals surface area (Å²) in [5.74, 6) is 0. The van der Waals surface area contributed by atoms with E-state index in [2.05, 4.69) is 6.07 Å². The van der Waals surface area contributed by atoms with Crippen LogP contribution in [0.15, 0.2) is 36.4 Å². The average molecular weight is 424 g/mol. The number of rotatable bonds is 10. The molecule has 31 heavy (non-hydrogen) atoms. The van der Waals surface area contributed by atoms with Crippen LogP contribution in [0.25, 0.3) is 0 Å². The molecule has 4 fully saturated rings. The molecule has 2 aromatic carbocycles. The van der Waals surface area contributed by atoms with Crippen molar-refractivity contribution in [2.24, 2.45) is 5.73 Å². The summed E-state index contributed by atoms with van der Waals surface area (Å²) in [6.07, 6.45) is 4.25. The van der Waals surface area contributed by atoms with E-state index < -0.39 is 5.72 Å². The number of hydrogen-bond acceptors (Lipinski definition) is 6. The van der Waals surface area contributed by atoms with Crippen LogP contribution in [-0.4, -0.2) is 55.9 Å². The van der Waals surface area contributed by atoms with E-state index in [1.54, 1.807) is 0 Å². The van der Waals surface area contributed by atoms with Crippen LogP contribution >= 0.6 is 0 Å². The van der Waals surface area contributed by atoms with E-state index in [4.69, 9.17) is 24.7 Å². The molecule has 6 heteroatoms. The maximum absolute atomic E-state index is 11.7. The van der Waals surface area contributed by atoms with Crippen molar-refractivity contribution in [3.63, 3.8) is 0 Å². The molecule has 2 aromatic rings. The molecular weight excluding hydrogens is 394 g/mol. The Hall–Kier alpha value is -1.80. The zero-order chi connectivity index (χ0) is 21.0. The van der Waals surface area contributed by atoms with Gasteiger partial charge in [0.15, 0.2) is 5.72 Å². The van der Waals surface area contributed by atoms with Crippen molar-refractivity contribution in [3.8, 4) is 0 Å². The summed E-state index contributed by atoms with van der Waals surface area (Å²) in [4.78, 5) is 0. The molecule has 4 aliphatic rings. The van der Waals surface area contributed by atoms with Gasteiger partial charge in [-0.05, 0) is 22.3 Å². The van der Waals surface area contributed by atoms with Crippen molar-refractivity contribution in [2.45, 2.75) is 55.8 Å². The quantitative estimate of drug-likeness (QED) is 0.445. The summed E-state index contributed by atoms with van der Waals surface area (Å²) in [5, 5.41) is 11.7. The van der Waals surface area contributed by atoms with Crippen molar-refractivity contribution in [2.75, 3.05) is 26.4 Å². The molecule has 164 valence electrons. The predicted molar refractivity (Wildman–Crippen MR) is 114 cm³/mol. The van der Waals surface area contributed by atoms with Gasteiger partial charge in [-0.1, -0.05) is 36.4 Å². The van der Waals surface area contributed by atoms with E-state index in [0.29, 0.717) is 5.56 Å². The third kappa shape index (κ3) is 4.42. The van der Waals surface area contributed by atoms with Gasteiger partial charge >= 0.3 is 0 Å². The lowest BCUT2D eigenvalue weighted by Crippen LogP contribution is -2.39. The Morgan fingerprint density at radius 3 is 1.77 bits per heavy atom. The highest BCUT2D eigenvalue weighted by atomic mass is 16.6. The smallest absolute Gasteiger partial charge is 0.166 e. The molecule has 5 unspecified atom stereocenters. The first-order valence-corrected chi connectivity index (χ1v) is 11.3. The second kappa shape index (κ2) is 7.66. The van der Waals surface area contributed by atoms with Crippen molar-refractivity contribution in [3.05, 3.63) is 69.8 Å². The topological polar surface area (TPSA) is 96.4 Å². The molecule has 4 aliphatic heterocycles. The Kier molecular flexibility index (Phi) is 4.90. The molecule has 0 bridgehead atoms. The van der Waals surface area contributed by atoms with Crippen molar-refractivity contribution in [1.82, 2.24) is 0 Å². The van der Waals surface area contributed by atoms with E-state index in [-0.39, 0.29) is 24.4 Å². The number of ether oxygens (including phenoxy) is 4. The van der Waals surface area contributed by atoms with Crippen LogP contribution in [0.4, 0.5) is 0 Å². The third-order valence-electron chi connectivity index (χ3n) is 6.74. The first-order valence-electron chi connectivity index (χ1n) is 11.3. The standard InChI is InChI=1S/C25H29NO5/c26-25(27,16-4-2-1-3-5-16)24-7-15(6-17-11-28-17)21(8-18-12-29-18)22(9-19-13-30-19)23(24)10-20-14-31-20/h1-5,7,17-20,27H,6,8-14,26H2. The highest BCUT2D eigenvalue weighted by Gasteiger charge is 2.38. The minimum absolute atomic E-state index is 0.187. The lowest BCUT2D eigenvalue weighted by Gasteiger charge is -2.31. The average Bonchev–Trinajstić information content (AvgIpc) is 3.60. The summed E-state index contributed by atoms with van der Waals surface area (Å²) >= 11 is 0. The number of aliphatic hydroxyl groups is 1. The van der Waals surface area contributed by atoms with Crippen molar-refractivity contribution >= 4 is 0 Å². The lowest BCUT2D eigenvalue weighted by molar-refractivity contribution is 0.0870. The summed E-state index contributed by atoms with van der Waals surface area (Å²) in [6.45, 7) is 3.15. The highest BCUT2D eigenvalue weighted by molar-refractivity contribution is 5.52. The SMILES string of the molecule is NC(O)(c1ccccc1)c1cc(CC2CO2)c(CC2CO2)c(CC2CO2)c1CC1CO1. The molecule has 4 saturated heterocycles. The Morgan fingerprint density at radius 1 is 0.742 bits per heavy atom. The summed E-state index contributed by atoms with van der Waals surface area (Å²) in [5.41, 5.74) is 11.5. The molecule has 5 atom stereocenters. The van der Waals surface area contributed by atoms with E-state index in [1.165, 1.54) is 16.7 Å². The normalized spacial score (nSPS) is 30.0. The number of hydrogen-bond donors (Lipinski definition) is 2. The zero-order valence-electron chi connectivity index (χ0n) is 17.6. The van der Waals surface area contributed by atoms with E-state index in [0.717, 1.165) is 63.2 Å². The van der Waals surface area contributed by atoms with Gasteiger partial charge in [0, 0.05) is 36.8 Å². The third-order valence-corrected chi connectivity index (χ3v) is 6.74. The number of nitrogens with two attached hydrogens (primary N) is 1. The van der Waals surface area contributed by atoms with E-state index in [1.807, 2.05) is 30.3 Å². The predicted octanol–water partition coefficient (Wildman–Crippen LogP) is 1.60. The Labute approximate surface area is 182 Å². The fourth-order valence-corrected chi connectivity index (χ4v) is 4.66. The Balaban J connectivity index is 1.52. The van der Waals surface area contributed by atoms with Crippen LogP contribution in [-0.2, 0) is 50.4 Å². The number of epoxide rings is 4. The molecule has 0 aromatic heterocycles. The zero-order valence-corrected chi connectivity index (χ0v) is 17.6. The van der Waals surface area contributed by atoms with Crippen LogP contribution in [0.2, 0.25) is 0 Å². The van der Waals surface area contributed by atoms with Gasteiger partial charge in [-0.3, -0.25) is 5.73 Å². The Bertz CT molecular complexity index is 960. The van der Waals surface area contributed by atoms with Gasteiger partial charge in [-0.2, -0.15) is 0 Å². The molecule has 6 nitrogen and oxygen atoms in total. The van der Waals surface area contributed by atoms with Gasteiger partial charge in [-0.15, -0.1) is 0 Å². The summed E-state index contributed by atoms with van der Waals surface area (Å²) in [7, 11) is 0. The fourth-order valence-electron chi connectivity index (χ4n) is 4.66. The molecule has 0 radical (unpaired) electrons. The molecule has 6 rings (SSSR count). The van der Waals surface area contributed by atoms with E-state index >= 15 is 0 Å². The van der Waals surface area contributed by atoms with Crippen LogP contribution in [0.5, 0.6) is 0 Å². The van der Waals surface area contributed by atoms with Crippen LogP contribution in [0, 0.1) is 0 Å². The second-order valence-corrected chi connectivity index (χ2v) is 9.29. The lowest BCUT2D eigenvalue weighted by atomic mass is 9.79. The van der Waals surface area contributed by atoms with Gasteiger partial charge in [-0.25, -0.2) is 0 Å². The Morgan fingerprint density at radius 2 is 1.23 bits per heavy atom. The van der Waals surface area contributed by atoms with Crippen molar-refractivity contribution < 1.29 is 24.1 Å². The van der Waals surface area contributed by atoms with Crippen molar-refractivity contribution in [1.29, 1.82) is 0 Å². The molecule has 4 heterocycles. The maximum atomic E-state index is 11.7. The minimum Gasteiger partial charge on any atom is -0.373 e. The molecule has 0 amide bonds. The van der Waals surface area contributed by atoms with Gasteiger partial charge in [0.1, 0.15) is 0 Å². The highest BCUT2D eigenvalue weighted by Crippen LogP contribution is 2.39. The molecule has 0 aliphatic carbocycles. The van der Waals surface area contributed by atoms with Gasteiger partial charge in [0.05, 0.1) is 50.8 Å². The van der Waals surface area contributed by atoms with E-state index in [9.17, 15) is 5.11 Å². The van der Waals surface area contributed by atoms with Gasteiger partial charge < -0.3 is 24.1 Å². The first kappa shape index (κ1) is 19.9. The molecule has 3 N–H and O–H groups in total. The second-order valence-electron chi connectivity index (χ2n) is 9.29.